The second-order valence-electron chi connectivity index (χ2n) is 6.21. The minimum atomic E-state index is 0. The van der Waals surface area contributed by atoms with E-state index >= 15 is 0 Å². The van der Waals surface area contributed by atoms with Crippen molar-refractivity contribution in [1.29, 1.82) is 0 Å². The van der Waals surface area contributed by atoms with E-state index in [1.807, 2.05) is 30.3 Å². The lowest BCUT2D eigenvalue weighted by atomic mass is 9.87. The van der Waals surface area contributed by atoms with Gasteiger partial charge in [-0.2, -0.15) is 0 Å². The quantitative estimate of drug-likeness (QED) is 0.492. The number of carbonyl (C=O) groups excluding carboxylic acids is 1. The van der Waals surface area contributed by atoms with Crippen LogP contribution < -0.4 is 11.1 Å². The number of halogens is 1. The predicted octanol–water partition coefficient (Wildman–Crippen LogP) is 4.59. The molecule has 4 rings (SSSR count). The fourth-order valence-electron chi connectivity index (χ4n) is 3.26. The maximum Gasteiger partial charge on any atom is 0.230 e. The van der Waals surface area contributed by atoms with E-state index in [2.05, 4.69) is 22.4 Å². The molecule has 0 saturated heterocycles. The smallest absolute Gasteiger partial charge is 0.230 e. The molecule has 1 aliphatic carbocycles. The maximum absolute atomic E-state index is 12.4. The lowest BCUT2D eigenvalue weighted by Crippen LogP contribution is -2.32. The molecule has 1 atom stereocenters. The Balaban J connectivity index is 0.00000196. The molecule has 3 aromatic rings. The number of thioether (sulfide) groups is 1. The summed E-state index contributed by atoms with van der Waals surface area (Å²) in [7, 11) is 0. The van der Waals surface area contributed by atoms with Crippen molar-refractivity contribution in [1.82, 2.24) is 10.3 Å². The summed E-state index contributed by atoms with van der Waals surface area (Å²) >= 11 is 3.14. The summed E-state index contributed by atoms with van der Waals surface area (Å²) in [6.07, 6.45) is 3.09. The van der Waals surface area contributed by atoms with E-state index in [1.54, 1.807) is 11.3 Å². The highest BCUT2D eigenvalue weighted by Gasteiger charge is 2.22. The third-order valence-corrected chi connectivity index (χ3v) is 6.60. The topological polar surface area (TPSA) is 68.0 Å². The first kappa shape index (κ1) is 19.0. The summed E-state index contributed by atoms with van der Waals surface area (Å²) < 4.78 is 2.09. The SMILES string of the molecule is Cl.Nc1ccc2c(c1)CCCC2NC(=O)CSc1nc2ccccc2s1. The maximum atomic E-state index is 12.4. The molecule has 1 aliphatic rings. The molecular formula is C19H20ClN3OS2. The van der Waals surface area contributed by atoms with Gasteiger partial charge in [0.05, 0.1) is 22.0 Å². The summed E-state index contributed by atoms with van der Waals surface area (Å²) in [5, 5.41) is 3.17. The molecule has 0 saturated carbocycles. The van der Waals surface area contributed by atoms with Gasteiger partial charge in [0.1, 0.15) is 0 Å². The molecule has 0 aliphatic heterocycles. The molecule has 0 spiro atoms. The van der Waals surface area contributed by atoms with Gasteiger partial charge < -0.3 is 11.1 Å². The number of carbonyl (C=O) groups is 1. The molecule has 26 heavy (non-hydrogen) atoms. The van der Waals surface area contributed by atoms with Crippen LogP contribution in [-0.2, 0) is 11.2 Å². The van der Waals surface area contributed by atoms with Crippen LogP contribution in [0.15, 0.2) is 46.8 Å². The van der Waals surface area contributed by atoms with Gasteiger partial charge in [-0.25, -0.2) is 4.98 Å². The number of nitrogens with two attached hydrogens (primary N) is 1. The highest BCUT2D eigenvalue weighted by Crippen LogP contribution is 2.32. The molecule has 136 valence electrons. The highest BCUT2D eigenvalue weighted by molar-refractivity contribution is 8.01. The number of para-hydroxylation sites is 1. The number of amides is 1. The standard InChI is InChI=1S/C19H19N3OS2.ClH/c20-13-8-9-14-12(10-13)4-3-6-15(14)21-18(23)11-24-19-22-16-5-1-2-7-17(16)25-19;/h1-2,5,7-10,15H,3-4,6,11,20H2,(H,21,23);1H. The Morgan fingerprint density at radius 2 is 2.15 bits per heavy atom. The van der Waals surface area contributed by atoms with E-state index in [0.29, 0.717) is 5.75 Å². The summed E-state index contributed by atoms with van der Waals surface area (Å²) in [6, 6.07) is 14.1. The number of nitrogens with one attached hydrogen (secondary N) is 1. The van der Waals surface area contributed by atoms with Crippen molar-refractivity contribution < 1.29 is 4.79 Å². The first-order valence-electron chi connectivity index (χ1n) is 8.35. The van der Waals surface area contributed by atoms with E-state index in [0.717, 1.165) is 39.5 Å². The normalized spacial score (nSPS) is 15.9. The van der Waals surface area contributed by atoms with E-state index < -0.39 is 0 Å². The zero-order valence-electron chi connectivity index (χ0n) is 14.1. The molecule has 3 N–H and O–H groups in total. The van der Waals surface area contributed by atoms with Crippen LogP contribution in [0.25, 0.3) is 10.2 Å². The number of nitrogens with zero attached hydrogens (tertiary/aromatic N) is 1. The number of rotatable bonds is 4. The number of benzene rings is 2. The van der Waals surface area contributed by atoms with Gasteiger partial charge in [0.15, 0.2) is 4.34 Å². The zero-order valence-corrected chi connectivity index (χ0v) is 16.6. The fraction of sp³-hybridized carbons (Fsp3) is 0.263. The Morgan fingerprint density at radius 3 is 3.00 bits per heavy atom. The molecule has 0 radical (unpaired) electrons. The van der Waals surface area contributed by atoms with Crippen LogP contribution in [-0.4, -0.2) is 16.6 Å². The van der Waals surface area contributed by atoms with Gasteiger partial charge in [0.2, 0.25) is 5.91 Å². The van der Waals surface area contributed by atoms with E-state index in [-0.39, 0.29) is 24.4 Å². The predicted molar refractivity (Wildman–Crippen MR) is 112 cm³/mol. The first-order chi connectivity index (χ1) is 12.2. The monoisotopic (exact) mass is 405 g/mol. The largest absolute Gasteiger partial charge is 0.399 e. The van der Waals surface area contributed by atoms with Gasteiger partial charge in [0, 0.05) is 5.69 Å². The van der Waals surface area contributed by atoms with Crippen LogP contribution in [0.1, 0.15) is 30.0 Å². The van der Waals surface area contributed by atoms with Crippen molar-refractivity contribution >= 4 is 57.3 Å². The van der Waals surface area contributed by atoms with Crippen molar-refractivity contribution in [3.05, 3.63) is 53.6 Å². The number of thiazole rings is 1. The molecule has 1 aromatic heterocycles. The molecule has 7 heteroatoms. The Labute approximate surface area is 167 Å². The Hall–Kier alpha value is -1.76. The molecule has 1 unspecified atom stereocenters. The third-order valence-electron chi connectivity index (χ3n) is 4.42. The molecule has 1 amide bonds. The second-order valence-corrected chi connectivity index (χ2v) is 8.46. The van der Waals surface area contributed by atoms with E-state index in [4.69, 9.17) is 5.73 Å². The molecule has 2 aromatic carbocycles. The lowest BCUT2D eigenvalue weighted by molar-refractivity contribution is -0.119. The average molecular weight is 406 g/mol. The van der Waals surface area contributed by atoms with Gasteiger partial charge in [-0.3, -0.25) is 4.79 Å². The average Bonchev–Trinajstić information content (AvgIpc) is 3.03. The van der Waals surface area contributed by atoms with E-state index in [1.165, 1.54) is 22.9 Å². The summed E-state index contributed by atoms with van der Waals surface area (Å²) in [5.41, 5.74) is 10.1. The van der Waals surface area contributed by atoms with Crippen LogP contribution in [0.4, 0.5) is 5.69 Å². The Bertz CT molecular complexity index is 895. The second kappa shape index (κ2) is 8.29. The number of hydrogen-bond acceptors (Lipinski definition) is 5. The molecule has 4 nitrogen and oxygen atoms in total. The highest BCUT2D eigenvalue weighted by atomic mass is 35.5. The van der Waals surface area contributed by atoms with E-state index in [9.17, 15) is 4.79 Å². The minimum absolute atomic E-state index is 0. The summed E-state index contributed by atoms with van der Waals surface area (Å²) in [6.45, 7) is 0. The molecule has 1 heterocycles. The van der Waals surface area contributed by atoms with Crippen LogP contribution >= 0.6 is 35.5 Å². The van der Waals surface area contributed by atoms with Crippen LogP contribution in [0.2, 0.25) is 0 Å². The zero-order chi connectivity index (χ0) is 17.2. The van der Waals surface area contributed by atoms with Gasteiger partial charge >= 0.3 is 0 Å². The van der Waals surface area contributed by atoms with Crippen LogP contribution in [0, 0.1) is 0 Å². The minimum Gasteiger partial charge on any atom is -0.399 e. The van der Waals surface area contributed by atoms with Crippen molar-refractivity contribution in [3.8, 4) is 0 Å². The third kappa shape index (κ3) is 4.14. The van der Waals surface area contributed by atoms with Crippen molar-refractivity contribution in [2.75, 3.05) is 11.5 Å². The molecule has 0 bridgehead atoms. The summed E-state index contributed by atoms with van der Waals surface area (Å²) in [4.78, 5) is 17.0. The fourth-order valence-corrected chi connectivity index (χ4v) is 5.14. The van der Waals surface area contributed by atoms with Crippen LogP contribution in [0.5, 0.6) is 0 Å². The Kier molecular flexibility index (Phi) is 6.06. The lowest BCUT2D eigenvalue weighted by Gasteiger charge is -2.26. The van der Waals surface area contributed by atoms with Crippen molar-refractivity contribution in [2.45, 2.75) is 29.6 Å². The first-order valence-corrected chi connectivity index (χ1v) is 10.2. The number of fused-ring (bicyclic) bond motifs is 2. The van der Waals surface area contributed by atoms with Gasteiger partial charge in [-0.05, 0) is 54.7 Å². The van der Waals surface area contributed by atoms with Crippen molar-refractivity contribution in [3.63, 3.8) is 0 Å². The Morgan fingerprint density at radius 1 is 1.31 bits per heavy atom. The number of anilines is 1. The summed E-state index contributed by atoms with van der Waals surface area (Å²) in [5.74, 6) is 0.444. The number of aryl methyl sites for hydroxylation is 1. The number of hydrogen-bond donors (Lipinski definition) is 2. The number of aromatic nitrogens is 1. The van der Waals surface area contributed by atoms with Gasteiger partial charge in [-0.15, -0.1) is 23.7 Å². The van der Waals surface area contributed by atoms with Crippen molar-refractivity contribution in [2.24, 2.45) is 0 Å². The number of nitrogen functional groups attached to an aromatic ring is 1. The van der Waals surface area contributed by atoms with Crippen LogP contribution in [0.3, 0.4) is 0 Å². The molecule has 0 fully saturated rings. The van der Waals surface area contributed by atoms with Gasteiger partial charge in [0.25, 0.3) is 0 Å². The van der Waals surface area contributed by atoms with Gasteiger partial charge in [-0.1, -0.05) is 30.0 Å². The molecular weight excluding hydrogens is 386 g/mol.